The summed E-state index contributed by atoms with van der Waals surface area (Å²) in [7, 11) is 0. The molecule has 4 nitrogen and oxygen atoms in total. The maximum Gasteiger partial charge on any atom is 0.157 e. The van der Waals surface area contributed by atoms with Gasteiger partial charge in [0.05, 0.1) is 23.1 Å². The molecule has 0 N–H and O–H groups in total. The molecule has 0 saturated carbocycles. The van der Waals surface area contributed by atoms with Crippen LogP contribution in [0.1, 0.15) is 31.0 Å². The Balaban J connectivity index is 1.88. The van der Waals surface area contributed by atoms with Gasteiger partial charge >= 0.3 is 0 Å². The normalized spacial score (nSPS) is 10.7. The molecule has 0 aliphatic heterocycles. The van der Waals surface area contributed by atoms with Crippen LogP contribution in [0.15, 0.2) is 17.8 Å². The molecular formula is C12H17N3OS. The zero-order valence-electron chi connectivity index (χ0n) is 10.2. The van der Waals surface area contributed by atoms with Crippen molar-refractivity contribution in [2.24, 2.45) is 0 Å². The van der Waals surface area contributed by atoms with Gasteiger partial charge in [0.25, 0.3) is 0 Å². The number of rotatable bonds is 6. The quantitative estimate of drug-likeness (QED) is 0.792. The lowest BCUT2D eigenvalue weighted by Gasteiger charge is -1.99. The van der Waals surface area contributed by atoms with Gasteiger partial charge in [0, 0.05) is 11.9 Å². The van der Waals surface area contributed by atoms with Crippen LogP contribution in [-0.4, -0.2) is 14.8 Å². The number of nitrogens with zero attached hydrogens (tertiary/aromatic N) is 3. The third-order valence-corrected chi connectivity index (χ3v) is 3.34. The summed E-state index contributed by atoms with van der Waals surface area (Å²) >= 11 is 1.71. The SMILES string of the molecule is CCCc1nc(COc2cnn(CC)c2)cs1. The second-order valence-electron chi connectivity index (χ2n) is 3.80. The number of aromatic nitrogens is 3. The van der Waals surface area contributed by atoms with E-state index in [1.807, 2.05) is 17.8 Å². The van der Waals surface area contributed by atoms with Crippen molar-refractivity contribution in [1.29, 1.82) is 0 Å². The Labute approximate surface area is 105 Å². The highest BCUT2D eigenvalue weighted by atomic mass is 32.1. The first-order chi connectivity index (χ1) is 8.31. The lowest BCUT2D eigenvalue weighted by atomic mass is 10.3. The zero-order chi connectivity index (χ0) is 12.1. The number of aryl methyl sites for hydroxylation is 2. The molecule has 0 fully saturated rings. The van der Waals surface area contributed by atoms with E-state index in [0.29, 0.717) is 6.61 Å². The van der Waals surface area contributed by atoms with E-state index in [1.54, 1.807) is 17.5 Å². The first-order valence-electron chi connectivity index (χ1n) is 5.90. The molecular weight excluding hydrogens is 234 g/mol. The van der Waals surface area contributed by atoms with E-state index in [4.69, 9.17) is 4.74 Å². The predicted molar refractivity (Wildman–Crippen MR) is 68.3 cm³/mol. The van der Waals surface area contributed by atoms with E-state index in [1.165, 1.54) is 5.01 Å². The van der Waals surface area contributed by atoms with Gasteiger partial charge in [-0.2, -0.15) is 5.10 Å². The molecule has 2 rings (SSSR count). The summed E-state index contributed by atoms with van der Waals surface area (Å²) in [5, 5.41) is 7.41. The average molecular weight is 251 g/mol. The van der Waals surface area contributed by atoms with Crippen molar-refractivity contribution >= 4 is 11.3 Å². The summed E-state index contributed by atoms with van der Waals surface area (Å²) < 4.78 is 7.47. The fourth-order valence-electron chi connectivity index (χ4n) is 1.49. The highest BCUT2D eigenvalue weighted by molar-refractivity contribution is 7.09. The number of ether oxygens (including phenoxy) is 1. The van der Waals surface area contributed by atoms with Gasteiger partial charge in [-0.3, -0.25) is 4.68 Å². The summed E-state index contributed by atoms with van der Waals surface area (Å²) in [5.41, 5.74) is 1.00. The maximum atomic E-state index is 5.63. The molecule has 0 aliphatic rings. The smallest absolute Gasteiger partial charge is 0.157 e. The summed E-state index contributed by atoms with van der Waals surface area (Å²) in [4.78, 5) is 4.51. The van der Waals surface area contributed by atoms with E-state index >= 15 is 0 Å². The molecule has 0 atom stereocenters. The molecule has 2 heterocycles. The molecule has 0 unspecified atom stereocenters. The van der Waals surface area contributed by atoms with Crippen LogP contribution in [0.3, 0.4) is 0 Å². The molecule has 5 heteroatoms. The first kappa shape index (κ1) is 12.1. The number of thiazole rings is 1. The molecule has 17 heavy (non-hydrogen) atoms. The number of hydrogen-bond acceptors (Lipinski definition) is 4. The molecule has 92 valence electrons. The van der Waals surface area contributed by atoms with Gasteiger partial charge < -0.3 is 4.74 Å². The van der Waals surface area contributed by atoms with Gasteiger partial charge in [0.2, 0.25) is 0 Å². The van der Waals surface area contributed by atoms with Crippen LogP contribution in [0.5, 0.6) is 5.75 Å². The maximum absolute atomic E-state index is 5.63. The topological polar surface area (TPSA) is 39.9 Å². The molecule has 0 radical (unpaired) electrons. The van der Waals surface area contributed by atoms with Crippen LogP contribution in [0.4, 0.5) is 0 Å². The van der Waals surface area contributed by atoms with Gasteiger partial charge in [-0.15, -0.1) is 11.3 Å². The molecule has 2 aromatic heterocycles. The average Bonchev–Trinajstić information content (AvgIpc) is 2.95. The van der Waals surface area contributed by atoms with Gasteiger partial charge in [-0.05, 0) is 19.8 Å². The third kappa shape index (κ3) is 3.30. The van der Waals surface area contributed by atoms with Crippen molar-refractivity contribution in [2.45, 2.75) is 39.8 Å². The van der Waals surface area contributed by atoms with E-state index in [-0.39, 0.29) is 0 Å². The molecule has 0 aromatic carbocycles. The van der Waals surface area contributed by atoms with Crippen molar-refractivity contribution in [3.63, 3.8) is 0 Å². The van der Waals surface area contributed by atoms with E-state index in [9.17, 15) is 0 Å². The largest absolute Gasteiger partial charge is 0.484 e. The van der Waals surface area contributed by atoms with Gasteiger partial charge in [-0.1, -0.05) is 6.92 Å². The highest BCUT2D eigenvalue weighted by Gasteiger charge is 2.03. The van der Waals surface area contributed by atoms with Crippen LogP contribution in [0, 0.1) is 0 Å². The Morgan fingerprint density at radius 2 is 2.29 bits per heavy atom. The van der Waals surface area contributed by atoms with Crippen LogP contribution >= 0.6 is 11.3 Å². The molecule has 0 amide bonds. The lowest BCUT2D eigenvalue weighted by molar-refractivity contribution is 0.301. The van der Waals surface area contributed by atoms with Crippen molar-refractivity contribution in [3.05, 3.63) is 28.5 Å². The lowest BCUT2D eigenvalue weighted by Crippen LogP contribution is -1.96. The molecule has 0 saturated heterocycles. The standard InChI is InChI=1S/C12H17N3OS/c1-3-5-12-14-10(9-17-12)8-16-11-6-13-15(4-2)7-11/h6-7,9H,3-5,8H2,1-2H3. The predicted octanol–water partition coefficient (Wildman–Crippen LogP) is 2.89. The minimum absolute atomic E-state index is 0.523. The summed E-state index contributed by atoms with van der Waals surface area (Å²) in [5.74, 6) is 0.803. The van der Waals surface area contributed by atoms with Crippen LogP contribution in [-0.2, 0) is 19.6 Å². The van der Waals surface area contributed by atoms with E-state index < -0.39 is 0 Å². The fourth-order valence-corrected chi connectivity index (χ4v) is 2.38. The first-order valence-corrected chi connectivity index (χ1v) is 6.78. The third-order valence-electron chi connectivity index (χ3n) is 2.38. The summed E-state index contributed by atoms with van der Waals surface area (Å²) in [6.07, 6.45) is 5.83. The van der Waals surface area contributed by atoms with Crippen molar-refractivity contribution in [3.8, 4) is 5.75 Å². The second kappa shape index (κ2) is 5.82. The Hall–Kier alpha value is -1.36. The Bertz CT molecular complexity index is 464. The Morgan fingerprint density at radius 3 is 3.00 bits per heavy atom. The van der Waals surface area contributed by atoms with Gasteiger partial charge in [0.1, 0.15) is 6.61 Å². The number of hydrogen-bond donors (Lipinski definition) is 0. The van der Waals surface area contributed by atoms with Crippen molar-refractivity contribution in [1.82, 2.24) is 14.8 Å². The minimum atomic E-state index is 0.523. The van der Waals surface area contributed by atoms with Crippen LogP contribution < -0.4 is 4.74 Å². The van der Waals surface area contributed by atoms with Crippen LogP contribution in [0.25, 0.3) is 0 Å². The van der Waals surface area contributed by atoms with Gasteiger partial charge in [-0.25, -0.2) is 4.98 Å². The van der Waals surface area contributed by atoms with Crippen molar-refractivity contribution < 1.29 is 4.74 Å². The van der Waals surface area contributed by atoms with Crippen LogP contribution in [0.2, 0.25) is 0 Å². The Morgan fingerprint density at radius 1 is 1.41 bits per heavy atom. The molecule has 0 aliphatic carbocycles. The summed E-state index contributed by atoms with van der Waals surface area (Å²) in [6.45, 7) is 5.60. The second-order valence-corrected chi connectivity index (χ2v) is 4.75. The monoisotopic (exact) mass is 251 g/mol. The molecule has 0 bridgehead atoms. The Kier molecular flexibility index (Phi) is 4.14. The zero-order valence-corrected chi connectivity index (χ0v) is 11.0. The molecule has 2 aromatic rings. The molecule has 0 spiro atoms. The fraction of sp³-hybridized carbons (Fsp3) is 0.500. The van der Waals surface area contributed by atoms with E-state index in [2.05, 4.69) is 22.4 Å². The summed E-state index contributed by atoms with van der Waals surface area (Å²) in [6, 6.07) is 0. The minimum Gasteiger partial charge on any atom is -0.484 e. The van der Waals surface area contributed by atoms with Crippen molar-refractivity contribution in [2.75, 3.05) is 0 Å². The van der Waals surface area contributed by atoms with E-state index in [0.717, 1.165) is 30.8 Å². The van der Waals surface area contributed by atoms with Gasteiger partial charge in [0.15, 0.2) is 5.75 Å². The highest BCUT2D eigenvalue weighted by Crippen LogP contribution is 2.15.